The fourth-order valence-electron chi connectivity index (χ4n) is 4.45. The van der Waals surface area contributed by atoms with Gasteiger partial charge in [-0.05, 0) is 38.0 Å². The van der Waals surface area contributed by atoms with E-state index in [1.54, 1.807) is 12.1 Å². The second kappa shape index (κ2) is 13.8. The van der Waals surface area contributed by atoms with Crippen LogP contribution in [0.3, 0.4) is 0 Å². The van der Waals surface area contributed by atoms with Gasteiger partial charge in [0.1, 0.15) is 24.1 Å². The summed E-state index contributed by atoms with van der Waals surface area (Å²) in [6, 6.07) is 5.73. The number of aryl methyl sites for hydroxylation is 2. The number of carboxylic acids is 1. The Kier molecular flexibility index (Phi) is 10.3. The van der Waals surface area contributed by atoms with Gasteiger partial charge < -0.3 is 25.7 Å². The minimum absolute atomic E-state index is 0.0659. The third-order valence-corrected chi connectivity index (χ3v) is 8.01. The number of aromatic nitrogens is 3. The van der Waals surface area contributed by atoms with E-state index in [2.05, 4.69) is 31.3 Å². The standard InChI is InChI=1S/C27H33N7O10S2/c1-5-6-11-33-13-17(12-32(33)4)16-7-9-18(10-8-16)42-14-20(25(37)38)43-31-21(19-15-45-26(28)29-19)23(35)30-22-24(36)34(27(22,2)3)44-46(39,40)41/h7-10,12-13,15,20,22H,5-6,11,14H2,1-4H3,(H4-,28,29,30,35,37,38,39,40,41)/p+1/b31-21-/t20-,22+/m0/s1. The van der Waals surface area contributed by atoms with Crippen molar-refractivity contribution < 1.29 is 51.0 Å². The zero-order valence-corrected chi connectivity index (χ0v) is 26.9. The normalized spacial score (nSPS) is 16.9. The summed E-state index contributed by atoms with van der Waals surface area (Å²) in [6.45, 7) is 5.28. The third kappa shape index (κ3) is 7.97. The van der Waals surface area contributed by atoms with Crippen LogP contribution < -0.4 is 20.5 Å². The predicted molar refractivity (Wildman–Crippen MR) is 163 cm³/mol. The van der Waals surface area contributed by atoms with Gasteiger partial charge >= 0.3 is 16.4 Å². The van der Waals surface area contributed by atoms with Gasteiger partial charge in [-0.1, -0.05) is 30.6 Å². The van der Waals surface area contributed by atoms with Crippen LogP contribution in [0.2, 0.25) is 0 Å². The smallest absolute Gasteiger partial charge is 0.418 e. The van der Waals surface area contributed by atoms with Gasteiger partial charge in [-0.25, -0.2) is 9.78 Å². The van der Waals surface area contributed by atoms with E-state index in [9.17, 15) is 27.9 Å². The summed E-state index contributed by atoms with van der Waals surface area (Å²) < 4.78 is 45.2. The number of anilines is 1. The van der Waals surface area contributed by atoms with Crippen LogP contribution in [0.1, 0.15) is 39.3 Å². The number of hydroxylamine groups is 2. The zero-order valence-electron chi connectivity index (χ0n) is 25.3. The molecule has 3 aromatic rings. The molecule has 2 amide bonds. The average Bonchev–Trinajstić information content (AvgIpc) is 3.59. The van der Waals surface area contributed by atoms with Crippen molar-refractivity contribution in [3.05, 3.63) is 47.7 Å². The number of nitrogens with two attached hydrogens (primary N) is 1. The summed E-state index contributed by atoms with van der Waals surface area (Å²) in [4.78, 5) is 46.8. The number of aliphatic carboxylic acids is 1. The van der Waals surface area contributed by atoms with E-state index in [-0.39, 0.29) is 10.8 Å². The van der Waals surface area contributed by atoms with Crippen molar-refractivity contribution >= 4 is 50.4 Å². The highest BCUT2D eigenvalue weighted by Crippen LogP contribution is 2.33. The van der Waals surface area contributed by atoms with Crippen molar-refractivity contribution in [2.24, 2.45) is 12.2 Å². The second-order valence-electron chi connectivity index (χ2n) is 10.8. The molecule has 248 valence electrons. The Labute approximate surface area is 268 Å². The number of nitrogens with zero attached hydrogens (tertiary/aromatic N) is 5. The maximum atomic E-state index is 13.2. The number of carbonyl (C=O) groups excluding carboxylic acids is 2. The van der Waals surface area contributed by atoms with Gasteiger partial charge in [-0.15, -0.1) is 20.3 Å². The van der Waals surface area contributed by atoms with E-state index >= 15 is 0 Å². The highest BCUT2D eigenvalue weighted by atomic mass is 32.3. The van der Waals surface area contributed by atoms with Crippen LogP contribution in [0.15, 0.2) is 47.2 Å². The Balaban J connectivity index is 1.44. The van der Waals surface area contributed by atoms with E-state index < -0.39 is 58.2 Å². The van der Waals surface area contributed by atoms with Gasteiger partial charge in [0.2, 0.25) is 6.20 Å². The highest BCUT2D eigenvalue weighted by molar-refractivity contribution is 7.80. The van der Waals surface area contributed by atoms with Gasteiger partial charge in [0.05, 0.1) is 23.8 Å². The average molecular weight is 681 g/mol. The van der Waals surface area contributed by atoms with Gasteiger partial charge in [-0.2, -0.15) is 18.2 Å². The van der Waals surface area contributed by atoms with Crippen molar-refractivity contribution in [2.75, 3.05) is 12.3 Å². The number of amides is 2. The molecule has 1 aliphatic heterocycles. The molecule has 2 aromatic heterocycles. The lowest BCUT2D eigenvalue weighted by atomic mass is 9.84. The summed E-state index contributed by atoms with van der Waals surface area (Å²) in [7, 11) is -3.04. The number of thiazole rings is 1. The minimum Gasteiger partial charge on any atom is -0.489 e. The highest BCUT2D eigenvalue weighted by Gasteiger charge is 2.58. The first-order valence-electron chi connectivity index (χ1n) is 13.9. The Morgan fingerprint density at radius 3 is 2.52 bits per heavy atom. The molecule has 0 radical (unpaired) electrons. The van der Waals surface area contributed by atoms with Crippen LogP contribution in [0, 0.1) is 0 Å². The fraction of sp³-hybridized carbons (Fsp3) is 0.407. The fourth-order valence-corrected chi connectivity index (χ4v) is 5.45. The number of oxime groups is 1. The lowest BCUT2D eigenvalue weighted by Gasteiger charge is -2.50. The van der Waals surface area contributed by atoms with Crippen molar-refractivity contribution in [2.45, 2.75) is 57.8 Å². The summed E-state index contributed by atoms with van der Waals surface area (Å²) in [6.07, 6.45) is 4.53. The molecule has 2 atom stereocenters. The molecule has 0 bridgehead atoms. The Hall–Kier alpha value is -4.59. The number of ether oxygens (including phenoxy) is 1. The number of nitrogen functional groups attached to an aromatic ring is 1. The van der Waals surface area contributed by atoms with Crippen LogP contribution >= 0.6 is 11.3 Å². The molecule has 0 aliphatic carbocycles. The van der Waals surface area contributed by atoms with Crippen LogP contribution in [0.5, 0.6) is 5.75 Å². The molecule has 1 aromatic carbocycles. The molecule has 0 saturated carbocycles. The number of carboxylic acid groups (broad SMARTS) is 1. The number of β-lactam (4-membered cyclic amide) rings is 1. The summed E-state index contributed by atoms with van der Waals surface area (Å²) >= 11 is 0.966. The summed E-state index contributed by atoms with van der Waals surface area (Å²) in [5.41, 5.74) is 5.63. The summed E-state index contributed by atoms with van der Waals surface area (Å²) in [5.74, 6) is -3.07. The first-order valence-corrected chi connectivity index (χ1v) is 16.1. The van der Waals surface area contributed by atoms with Crippen molar-refractivity contribution in [3.63, 3.8) is 0 Å². The number of unbranched alkanes of at least 4 members (excludes halogenated alkanes) is 1. The minimum atomic E-state index is -5.01. The molecule has 3 heterocycles. The van der Waals surface area contributed by atoms with E-state index in [0.29, 0.717) is 10.8 Å². The predicted octanol–water partition coefficient (Wildman–Crippen LogP) is 0.911. The van der Waals surface area contributed by atoms with Crippen molar-refractivity contribution in [1.29, 1.82) is 0 Å². The molecule has 4 rings (SSSR count). The molecule has 19 heteroatoms. The van der Waals surface area contributed by atoms with Gasteiger partial charge in [0.25, 0.3) is 17.9 Å². The van der Waals surface area contributed by atoms with Gasteiger partial charge in [0, 0.05) is 5.38 Å². The van der Waals surface area contributed by atoms with Crippen LogP contribution in [-0.4, -0.2) is 80.6 Å². The topological polar surface area (TPSA) is 229 Å². The van der Waals surface area contributed by atoms with E-state index in [4.69, 9.17) is 19.9 Å². The van der Waals surface area contributed by atoms with Gasteiger partial charge in [0.15, 0.2) is 17.9 Å². The number of nitrogens with one attached hydrogen (secondary N) is 1. The van der Waals surface area contributed by atoms with Crippen molar-refractivity contribution in [1.82, 2.24) is 20.0 Å². The van der Waals surface area contributed by atoms with Crippen LogP contribution in [-0.2, 0) is 47.5 Å². The SMILES string of the molecule is CCCCn1cc(-c2ccc(OC[C@H](O/N=C(\C(=O)N[C@@H]3C(=O)N(OS(=O)(=O)O)C3(C)C)c3csc(N)n3)C(=O)O)cc2)c[n+]1C. The second-order valence-corrected chi connectivity index (χ2v) is 12.7. The number of rotatable bonds is 15. The number of hydrogen-bond acceptors (Lipinski definition) is 12. The maximum absolute atomic E-state index is 13.2. The van der Waals surface area contributed by atoms with E-state index in [1.807, 2.05) is 36.3 Å². The van der Waals surface area contributed by atoms with Gasteiger partial charge in [-0.3, -0.25) is 14.1 Å². The molecular formula is C27H34N7O10S2+. The van der Waals surface area contributed by atoms with Crippen LogP contribution in [0.25, 0.3) is 11.1 Å². The first-order chi connectivity index (χ1) is 21.6. The lowest BCUT2D eigenvalue weighted by molar-refractivity contribution is -0.753. The molecule has 1 saturated heterocycles. The third-order valence-electron chi connectivity index (χ3n) is 7.00. The van der Waals surface area contributed by atoms with E-state index in [1.165, 1.54) is 19.2 Å². The molecule has 1 aliphatic rings. The Morgan fingerprint density at radius 2 is 1.96 bits per heavy atom. The van der Waals surface area contributed by atoms with Crippen molar-refractivity contribution in [3.8, 4) is 16.9 Å². The molecule has 1 fully saturated rings. The summed E-state index contributed by atoms with van der Waals surface area (Å²) in [5, 5.41) is 17.6. The monoisotopic (exact) mass is 680 g/mol. The number of hydrogen-bond donors (Lipinski definition) is 4. The Morgan fingerprint density at radius 1 is 1.26 bits per heavy atom. The molecule has 17 nitrogen and oxygen atoms in total. The molecule has 46 heavy (non-hydrogen) atoms. The lowest BCUT2D eigenvalue weighted by Crippen LogP contribution is -2.76. The van der Waals surface area contributed by atoms with Crippen LogP contribution in [0.4, 0.5) is 5.13 Å². The number of carbonyl (C=O) groups is 3. The van der Waals surface area contributed by atoms with E-state index in [0.717, 1.165) is 41.9 Å². The number of benzene rings is 1. The zero-order chi connectivity index (χ0) is 33.8. The molecule has 5 N–H and O–H groups in total. The quantitative estimate of drug-likeness (QED) is 0.0577. The Bertz CT molecular complexity index is 1730. The maximum Gasteiger partial charge on any atom is 0.418 e. The largest absolute Gasteiger partial charge is 0.489 e. The molecule has 0 unspecified atom stereocenters. The first kappa shape index (κ1) is 34.3. The molecule has 0 spiro atoms. The molecular weight excluding hydrogens is 646 g/mol.